The van der Waals surface area contributed by atoms with Gasteiger partial charge in [-0.05, 0) is 29.8 Å². The summed E-state index contributed by atoms with van der Waals surface area (Å²) in [6.07, 6.45) is -0.135. The first kappa shape index (κ1) is 11.9. The van der Waals surface area contributed by atoms with Crippen LogP contribution in [0, 0.1) is 0 Å². The molecule has 4 nitrogen and oxygen atoms in total. The predicted molar refractivity (Wildman–Crippen MR) is 46.9 cm³/mol. The van der Waals surface area contributed by atoms with E-state index in [9.17, 15) is 4.79 Å². The highest BCUT2D eigenvalue weighted by Gasteiger charge is 2.17. The highest BCUT2D eigenvalue weighted by molar-refractivity contribution is 9.09. The maximum absolute atomic E-state index is 11.0. The maximum atomic E-state index is 11.0. The zero-order valence-electron chi connectivity index (χ0n) is 7.37. The molecule has 0 amide bonds. The van der Waals surface area contributed by atoms with Gasteiger partial charge < -0.3 is 14.2 Å². The third-order valence-electron chi connectivity index (χ3n) is 0.869. The number of halogens is 1. The molecule has 0 saturated heterocycles. The Kier molecular flexibility index (Phi) is 6.32. The lowest BCUT2D eigenvalue weighted by atomic mass is 10.5. The summed E-state index contributed by atoms with van der Waals surface area (Å²) >= 11 is 3.00. The highest BCUT2D eigenvalue weighted by atomic mass is 79.9. The van der Waals surface area contributed by atoms with E-state index in [-0.39, 0.29) is 12.9 Å². The molecule has 72 valence electrons. The fourth-order valence-electron chi connectivity index (χ4n) is 0.482. The Hall–Kier alpha value is -0.130. The molecule has 0 rings (SSSR count). The summed E-state index contributed by atoms with van der Waals surface area (Å²) in [5.41, 5.74) is 0. The number of esters is 1. The SMILES string of the molecule is COCOC(Br)C(=O)OC(C)C. The van der Waals surface area contributed by atoms with Crippen molar-refractivity contribution < 1.29 is 19.0 Å². The van der Waals surface area contributed by atoms with Gasteiger partial charge in [-0.3, -0.25) is 0 Å². The fourth-order valence-corrected chi connectivity index (χ4v) is 0.697. The van der Waals surface area contributed by atoms with E-state index in [1.54, 1.807) is 13.8 Å². The van der Waals surface area contributed by atoms with Crippen LogP contribution in [0.5, 0.6) is 0 Å². The summed E-state index contributed by atoms with van der Waals surface area (Å²) < 4.78 is 14.3. The van der Waals surface area contributed by atoms with Crippen LogP contribution in [0.3, 0.4) is 0 Å². The van der Waals surface area contributed by atoms with Crippen LogP contribution in [0.15, 0.2) is 0 Å². The lowest BCUT2D eigenvalue weighted by molar-refractivity contribution is -0.159. The van der Waals surface area contributed by atoms with Gasteiger partial charge in [-0.1, -0.05) is 0 Å². The molecular weight excluding hydrogens is 228 g/mol. The van der Waals surface area contributed by atoms with E-state index in [0.29, 0.717) is 0 Å². The molecule has 0 bridgehead atoms. The van der Waals surface area contributed by atoms with Gasteiger partial charge in [-0.15, -0.1) is 0 Å². The molecule has 0 heterocycles. The van der Waals surface area contributed by atoms with Crippen molar-refractivity contribution in [2.45, 2.75) is 25.0 Å². The van der Waals surface area contributed by atoms with Crippen molar-refractivity contribution in [1.82, 2.24) is 0 Å². The van der Waals surface area contributed by atoms with E-state index in [2.05, 4.69) is 20.7 Å². The van der Waals surface area contributed by atoms with Crippen molar-refractivity contribution in [3.8, 4) is 0 Å². The monoisotopic (exact) mass is 240 g/mol. The van der Waals surface area contributed by atoms with Crippen molar-refractivity contribution >= 4 is 21.9 Å². The van der Waals surface area contributed by atoms with Gasteiger partial charge in [-0.25, -0.2) is 4.79 Å². The van der Waals surface area contributed by atoms with Gasteiger partial charge in [0.05, 0.1) is 6.10 Å². The number of ether oxygens (including phenoxy) is 3. The van der Waals surface area contributed by atoms with Gasteiger partial charge in [0.2, 0.25) is 5.01 Å². The van der Waals surface area contributed by atoms with E-state index in [0.717, 1.165) is 0 Å². The first-order valence-electron chi connectivity index (χ1n) is 3.53. The van der Waals surface area contributed by atoms with Crippen molar-refractivity contribution in [3.05, 3.63) is 0 Å². The molecule has 0 aliphatic heterocycles. The zero-order chi connectivity index (χ0) is 9.56. The lowest BCUT2D eigenvalue weighted by Gasteiger charge is -2.12. The molecule has 0 N–H and O–H groups in total. The zero-order valence-corrected chi connectivity index (χ0v) is 8.96. The first-order chi connectivity index (χ1) is 5.57. The number of hydrogen-bond acceptors (Lipinski definition) is 4. The van der Waals surface area contributed by atoms with Gasteiger partial charge in [0.15, 0.2) is 0 Å². The minimum Gasteiger partial charge on any atom is -0.460 e. The molecule has 0 aromatic heterocycles. The molecule has 0 aliphatic carbocycles. The van der Waals surface area contributed by atoms with Crippen LogP contribution in [0.1, 0.15) is 13.8 Å². The fraction of sp³-hybridized carbons (Fsp3) is 0.857. The predicted octanol–water partition coefficient (Wildman–Crippen LogP) is 1.28. The molecule has 0 saturated carbocycles. The van der Waals surface area contributed by atoms with Gasteiger partial charge >= 0.3 is 5.97 Å². The molecule has 1 unspecified atom stereocenters. The average molecular weight is 241 g/mol. The quantitative estimate of drug-likeness (QED) is 0.413. The summed E-state index contributed by atoms with van der Waals surface area (Å²) in [4.78, 5) is 11.0. The van der Waals surface area contributed by atoms with Crippen LogP contribution in [-0.4, -0.2) is 31.0 Å². The van der Waals surface area contributed by atoms with Crippen LogP contribution in [0.25, 0.3) is 0 Å². The van der Waals surface area contributed by atoms with E-state index in [4.69, 9.17) is 9.47 Å². The summed E-state index contributed by atoms with van der Waals surface area (Å²) in [5, 5.41) is -0.750. The van der Waals surface area contributed by atoms with Crippen molar-refractivity contribution in [1.29, 1.82) is 0 Å². The first-order valence-corrected chi connectivity index (χ1v) is 4.44. The minimum atomic E-state index is -0.750. The second-order valence-corrected chi connectivity index (χ2v) is 3.21. The van der Waals surface area contributed by atoms with Crippen LogP contribution >= 0.6 is 15.9 Å². The Labute approximate surface area is 80.3 Å². The van der Waals surface area contributed by atoms with Gasteiger partial charge in [0.25, 0.3) is 0 Å². The molecule has 0 spiro atoms. The third-order valence-corrected chi connectivity index (χ3v) is 1.51. The Morgan fingerprint density at radius 1 is 1.50 bits per heavy atom. The second kappa shape index (κ2) is 6.39. The molecule has 12 heavy (non-hydrogen) atoms. The molecular formula is C7H13BrO4. The molecule has 0 fully saturated rings. The molecule has 5 heteroatoms. The van der Waals surface area contributed by atoms with Crippen molar-refractivity contribution in [2.75, 3.05) is 13.9 Å². The Morgan fingerprint density at radius 3 is 2.50 bits per heavy atom. The number of alkyl halides is 1. The van der Waals surface area contributed by atoms with E-state index in [1.165, 1.54) is 7.11 Å². The van der Waals surface area contributed by atoms with Crippen molar-refractivity contribution in [2.24, 2.45) is 0 Å². The van der Waals surface area contributed by atoms with Gasteiger partial charge in [0, 0.05) is 7.11 Å². The Bertz CT molecular complexity index is 137. The van der Waals surface area contributed by atoms with Crippen LogP contribution in [0.2, 0.25) is 0 Å². The largest absolute Gasteiger partial charge is 0.460 e. The number of hydrogen-bond donors (Lipinski definition) is 0. The third kappa shape index (κ3) is 5.51. The second-order valence-electron chi connectivity index (χ2n) is 2.37. The number of carbonyl (C=O) groups excluding carboxylic acids is 1. The minimum absolute atomic E-state index is 0.0586. The smallest absolute Gasteiger partial charge is 0.346 e. The normalized spacial score (nSPS) is 13.1. The number of methoxy groups -OCH3 is 1. The van der Waals surface area contributed by atoms with Gasteiger partial charge in [0.1, 0.15) is 6.79 Å². The van der Waals surface area contributed by atoms with Crippen LogP contribution < -0.4 is 0 Å². The summed E-state index contributed by atoms with van der Waals surface area (Å²) in [6, 6.07) is 0. The molecule has 0 radical (unpaired) electrons. The molecule has 1 atom stereocenters. The van der Waals surface area contributed by atoms with E-state index in [1.807, 2.05) is 0 Å². The van der Waals surface area contributed by atoms with E-state index < -0.39 is 11.0 Å². The number of carbonyl (C=O) groups is 1. The summed E-state index contributed by atoms with van der Waals surface area (Å²) in [5.74, 6) is -0.443. The Balaban J connectivity index is 3.61. The highest BCUT2D eigenvalue weighted by Crippen LogP contribution is 2.05. The standard InChI is InChI=1S/C7H13BrO4/c1-5(2)12-7(9)6(8)11-4-10-3/h5-6H,4H2,1-3H3. The van der Waals surface area contributed by atoms with E-state index >= 15 is 0 Å². The Morgan fingerprint density at radius 2 is 2.08 bits per heavy atom. The van der Waals surface area contributed by atoms with Crippen molar-refractivity contribution in [3.63, 3.8) is 0 Å². The number of rotatable bonds is 5. The topological polar surface area (TPSA) is 44.8 Å². The summed E-state index contributed by atoms with van der Waals surface area (Å²) in [6.45, 7) is 3.60. The maximum Gasteiger partial charge on any atom is 0.346 e. The van der Waals surface area contributed by atoms with Crippen LogP contribution in [0.4, 0.5) is 0 Å². The van der Waals surface area contributed by atoms with Gasteiger partial charge in [-0.2, -0.15) is 0 Å². The van der Waals surface area contributed by atoms with Crippen LogP contribution in [-0.2, 0) is 19.0 Å². The average Bonchev–Trinajstić information content (AvgIpc) is 1.98. The molecule has 0 aliphatic rings. The summed E-state index contributed by atoms with van der Waals surface area (Å²) in [7, 11) is 1.48. The molecule has 0 aromatic rings. The lowest BCUT2D eigenvalue weighted by Crippen LogP contribution is -2.24. The molecule has 0 aromatic carbocycles.